The number of rotatable bonds is 8. The summed E-state index contributed by atoms with van der Waals surface area (Å²) in [5, 5.41) is 3.33. The van der Waals surface area contributed by atoms with Crippen molar-refractivity contribution in [1.82, 2.24) is 0 Å². The molecule has 0 aliphatic carbocycles. The maximum atomic E-state index is 5.40. The van der Waals surface area contributed by atoms with Crippen LogP contribution in [0.25, 0.3) is 11.1 Å². The van der Waals surface area contributed by atoms with Gasteiger partial charge in [-0.1, -0.05) is 42.5 Å². The molecule has 1 N–H and O–H groups in total. The molecule has 0 aliphatic rings. The quantitative estimate of drug-likeness (QED) is 0.746. The van der Waals surface area contributed by atoms with E-state index < -0.39 is 0 Å². The highest BCUT2D eigenvalue weighted by molar-refractivity contribution is 5.65. The summed E-state index contributed by atoms with van der Waals surface area (Å²) in [5.74, 6) is 0. The Morgan fingerprint density at radius 1 is 0.800 bits per heavy atom. The average molecular weight is 271 g/mol. The summed E-state index contributed by atoms with van der Waals surface area (Å²) in [5.41, 5.74) is 3.58. The number of ether oxygens (including phenoxy) is 2. The van der Waals surface area contributed by atoms with Crippen LogP contribution in [0, 0.1) is 0 Å². The second-order valence-electron chi connectivity index (χ2n) is 4.48. The number of hydrogen-bond donors (Lipinski definition) is 1. The van der Waals surface area contributed by atoms with Crippen molar-refractivity contribution < 1.29 is 9.47 Å². The molecule has 0 saturated carbocycles. The van der Waals surface area contributed by atoms with Gasteiger partial charge in [-0.25, -0.2) is 0 Å². The predicted molar refractivity (Wildman–Crippen MR) is 83.1 cm³/mol. The lowest BCUT2D eigenvalue weighted by Crippen LogP contribution is -2.11. The van der Waals surface area contributed by atoms with Crippen molar-refractivity contribution in [3.8, 4) is 11.1 Å². The molecular formula is C17H21NO2. The van der Waals surface area contributed by atoms with Crippen LogP contribution in [0.5, 0.6) is 0 Å². The smallest absolute Gasteiger partial charge is 0.0701 e. The molecular weight excluding hydrogens is 250 g/mol. The third kappa shape index (κ3) is 4.68. The van der Waals surface area contributed by atoms with Gasteiger partial charge in [0.1, 0.15) is 0 Å². The van der Waals surface area contributed by atoms with Crippen molar-refractivity contribution in [2.45, 2.75) is 0 Å². The summed E-state index contributed by atoms with van der Waals surface area (Å²) in [6.07, 6.45) is 0. The standard InChI is InChI=1S/C17H21NO2/c1-19-13-14-20-12-11-18-17-9-7-16(8-10-17)15-5-3-2-4-6-15/h2-10,18H,11-14H2,1H3. The van der Waals surface area contributed by atoms with Gasteiger partial charge in [-0.15, -0.1) is 0 Å². The van der Waals surface area contributed by atoms with Crippen LogP contribution in [-0.4, -0.2) is 33.5 Å². The normalized spacial score (nSPS) is 10.4. The van der Waals surface area contributed by atoms with Crippen molar-refractivity contribution in [3.63, 3.8) is 0 Å². The molecule has 0 unspecified atom stereocenters. The fourth-order valence-corrected chi connectivity index (χ4v) is 1.92. The van der Waals surface area contributed by atoms with Gasteiger partial charge in [-0.2, -0.15) is 0 Å². The summed E-state index contributed by atoms with van der Waals surface area (Å²) >= 11 is 0. The van der Waals surface area contributed by atoms with Crippen LogP contribution in [0.4, 0.5) is 5.69 Å². The highest BCUT2D eigenvalue weighted by atomic mass is 16.5. The molecule has 0 atom stereocenters. The average Bonchev–Trinajstić information content (AvgIpc) is 2.52. The Hall–Kier alpha value is -1.84. The molecule has 2 rings (SSSR count). The first-order chi connectivity index (χ1) is 9.90. The summed E-state index contributed by atoms with van der Waals surface area (Å²) in [6.45, 7) is 2.77. The first kappa shape index (κ1) is 14.6. The first-order valence-electron chi connectivity index (χ1n) is 6.86. The van der Waals surface area contributed by atoms with Crippen LogP contribution in [0.15, 0.2) is 54.6 Å². The molecule has 2 aromatic rings. The number of hydrogen-bond acceptors (Lipinski definition) is 3. The molecule has 0 spiro atoms. The van der Waals surface area contributed by atoms with Gasteiger partial charge in [0.05, 0.1) is 19.8 Å². The lowest BCUT2D eigenvalue weighted by molar-refractivity contribution is 0.0759. The Kier molecular flexibility index (Phi) is 6.08. The topological polar surface area (TPSA) is 30.5 Å². The third-order valence-electron chi connectivity index (χ3n) is 3.00. The Balaban J connectivity index is 1.77. The van der Waals surface area contributed by atoms with Gasteiger partial charge in [0.2, 0.25) is 0 Å². The van der Waals surface area contributed by atoms with Gasteiger partial charge in [0, 0.05) is 19.3 Å². The van der Waals surface area contributed by atoms with E-state index in [4.69, 9.17) is 9.47 Å². The predicted octanol–water partition coefficient (Wildman–Crippen LogP) is 3.43. The number of methoxy groups -OCH3 is 1. The van der Waals surface area contributed by atoms with Gasteiger partial charge in [-0.3, -0.25) is 0 Å². The second kappa shape index (κ2) is 8.35. The van der Waals surface area contributed by atoms with Gasteiger partial charge in [0.25, 0.3) is 0 Å². The van der Waals surface area contributed by atoms with E-state index in [1.807, 2.05) is 6.07 Å². The zero-order valence-corrected chi connectivity index (χ0v) is 11.8. The molecule has 0 radical (unpaired) electrons. The molecule has 0 fully saturated rings. The Morgan fingerprint density at radius 2 is 1.50 bits per heavy atom. The molecule has 0 amide bonds. The van der Waals surface area contributed by atoms with Gasteiger partial charge < -0.3 is 14.8 Å². The Bertz CT molecular complexity index is 482. The summed E-state index contributed by atoms with van der Waals surface area (Å²) in [6, 6.07) is 18.8. The first-order valence-corrected chi connectivity index (χ1v) is 6.86. The summed E-state index contributed by atoms with van der Waals surface area (Å²) in [7, 11) is 1.68. The molecule has 3 heteroatoms. The third-order valence-corrected chi connectivity index (χ3v) is 3.00. The van der Waals surface area contributed by atoms with Crippen molar-refractivity contribution in [1.29, 1.82) is 0 Å². The van der Waals surface area contributed by atoms with Gasteiger partial charge in [0.15, 0.2) is 0 Å². The van der Waals surface area contributed by atoms with E-state index in [2.05, 4.69) is 53.8 Å². The minimum atomic E-state index is 0.644. The molecule has 2 aromatic carbocycles. The van der Waals surface area contributed by atoms with E-state index in [1.165, 1.54) is 11.1 Å². The molecule has 106 valence electrons. The van der Waals surface area contributed by atoms with Crippen molar-refractivity contribution in [3.05, 3.63) is 54.6 Å². The largest absolute Gasteiger partial charge is 0.383 e. The molecule has 0 aliphatic heterocycles. The monoisotopic (exact) mass is 271 g/mol. The van der Waals surface area contributed by atoms with Crippen molar-refractivity contribution in [2.24, 2.45) is 0 Å². The fourth-order valence-electron chi connectivity index (χ4n) is 1.92. The van der Waals surface area contributed by atoms with E-state index in [0.717, 1.165) is 12.2 Å². The summed E-state index contributed by atoms with van der Waals surface area (Å²) < 4.78 is 10.3. The number of anilines is 1. The van der Waals surface area contributed by atoms with Crippen LogP contribution in [0.3, 0.4) is 0 Å². The SMILES string of the molecule is COCCOCCNc1ccc(-c2ccccc2)cc1. The van der Waals surface area contributed by atoms with E-state index in [9.17, 15) is 0 Å². The van der Waals surface area contributed by atoms with E-state index in [1.54, 1.807) is 7.11 Å². The molecule has 0 heterocycles. The minimum Gasteiger partial charge on any atom is -0.383 e. The maximum absolute atomic E-state index is 5.40. The Labute approximate surface area is 120 Å². The lowest BCUT2D eigenvalue weighted by atomic mass is 10.1. The molecule has 20 heavy (non-hydrogen) atoms. The van der Waals surface area contributed by atoms with Crippen LogP contribution in [0.2, 0.25) is 0 Å². The van der Waals surface area contributed by atoms with Crippen molar-refractivity contribution in [2.75, 3.05) is 38.8 Å². The van der Waals surface area contributed by atoms with Gasteiger partial charge >= 0.3 is 0 Å². The maximum Gasteiger partial charge on any atom is 0.0701 e. The van der Waals surface area contributed by atoms with E-state index in [-0.39, 0.29) is 0 Å². The van der Waals surface area contributed by atoms with Crippen LogP contribution < -0.4 is 5.32 Å². The molecule has 0 saturated heterocycles. The Morgan fingerprint density at radius 3 is 2.20 bits per heavy atom. The lowest BCUT2D eigenvalue weighted by Gasteiger charge is -2.08. The van der Waals surface area contributed by atoms with Crippen molar-refractivity contribution >= 4 is 5.69 Å². The van der Waals surface area contributed by atoms with Crippen LogP contribution in [0.1, 0.15) is 0 Å². The fraction of sp³-hybridized carbons (Fsp3) is 0.294. The van der Waals surface area contributed by atoms with Crippen LogP contribution >= 0.6 is 0 Å². The molecule has 0 aromatic heterocycles. The minimum absolute atomic E-state index is 0.644. The van der Waals surface area contributed by atoms with E-state index >= 15 is 0 Å². The zero-order valence-electron chi connectivity index (χ0n) is 11.8. The van der Waals surface area contributed by atoms with Gasteiger partial charge in [-0.05, 0) is 23.3 Å². The number of nitrogens with one attached hydrogen (secondary N) is 1. The second-order valence-corrected chi connectivity index (χ2v) is 4.48. The number of benzene rings is 2. The molecule has 0 bridgehead atoms. The highest BCUT2D eigenvalue weighted by Crippen LogP contribution is 2.20. The highest BCUT2D eigenvalue weighted by Gasteiger charge is 1.97. The summed E-state index contributed by atoms with van der Waals surface area (Å²) in [4.78, 5) is 0. The van der Waals surface area contributed by atoms with E-state index in [0.29, 0.717) is 19.8 Å². The molecule has 3 nitrogen and oxygen atoms in total. The zero-order chi connectivity index (χ0) is 14.0. The van der Waals surface area contributed by atoms with Crippen LogP contribution in [-0.2, 0) is 9.47 Å².